The van der Waals surface area contributed by atoms with Crippen LogP contribution < -0.4 is 10.1 Å². The normalized spacial score (nSPS) is 13.5. The van der Waals surface area contributed by atoms with Crippen LogP contribution in [0.3, 0.4) is 0 Å². The maximum atomic E-state index is 12.6. The minimum atomic E-state index is -3.27. The molecule has 5 nitrogen and oxygen atoms in total. The van der Waals surface area contributed by atoms with Crippen LogP contribution in [0.2, 0.25) is 10.0 Å². The van der Waals surface area contributed by atoms with E-state index in [1.807, 2.05) is 24.3 Å². The number of rotatable bonds is 8. The van der Waals surface area contributed by atoms with Crippen molar-refractivity contribution in [1.29, 1.82) is 0 Å². The zero-order chi connectivity index (χ0) is 23.6. The number of benzene rings is 3. The van der Waals surface area contributed by atoms with Crippen molar-refractivity contribution in [2.24, 2.45) is 5.92 Å². The van der Waals surface area contributed by atoms with Gasteiger partial charge >= 0.3 is 0 Å². The third-order valence-electron chi connectivity index (χ3n) is 5.50. The van der Waals surface area contributed by atoms with Gasteiger partial charge < -0.3 is 10.1 Å². The van der Waals surface area contributed by atoms with Gasteiger partial charge in [-0.2, -0.15) is 0 Å². The number of anilines is 1. The summed E-state index contributed by atoms with van der Waals surface area (Å²) in [6, 6.07) is 17.1. The summed E-state index contributed by atoms with van der Waals surface area (Å²) >= 11 is 13.0. The Kier molecular flexibility index (Phi) is 6.98. The van der Waals surface area contributed by atoms with Crippen LogP contribution in [0.4, 0.5) is 5.69 Å². The summed E-state index contributed by atoms with van der Waals surface area (Å²) in [6.07, 6.45) is 2.04. The van der Waals surface area contributed by atoms with E-state index >= 15 is 0 Å². The monoisotopic (exact) mass is 503 g/mol. The number of methoxy groups -OCH3 is 1. The van der Waals surface area contributed by atoms with E-state index in [2.05, 4.69) is 5.32 Å². The van der Waals surface area contributed by atoms with E-state index in [9.17, 15) is 13.2 Å². The molecule has 3 aromatic carbocycles. The second kappa shape index (κ2) is 9.75. The van der Waals surface area contributed by atoms with Crippen molar-refractivity contribution in [2.45, 2.75) is 24.2 Å². The van der Waals surface area contributed by atoms with Gasteiger partial charge in [-0.15, -0.1) is 0 Å². The van der Waals surface area contributed by atoms with E-state index in [1.54, 1.807) is 43.5 Å². The average Bonchev–Trinajstić information content (AvgIpc) is 3.57. The summed E-state index contributed by atoms with van der Waals surface area (Å²) in [5, 5.41) is 3.57. The lowest BCUT2D eigenvalue weighted by molar-refractivity contribution is -0.115. The lowest BCUT2D eigenvalue weighted by atomic mass is 10.0. The highest BCUT2D eigenvalue weighted by Gasteiger charge is 2.29. The minimum absolute atomic E-state index is 0.0897. The Bertz CT molecular complexity index is 1260. The quantitative estimate of drug-likeness (QED) is 0.407. The third kappa shape index (κ3) is 5.69. The number of amides is 1. The molecule has 1 aliphatic rings. The molecule has 0 aliphatic heterocycles. The first-order valence-corrected chi connectivity index (χ1v) is 12.9. The highest BCUT2D eigenvalue weighted by atomic mass is 35.5. The second-order valence-electron chi connectivity index (χ2n) is 8.11. The number of carbonyl (C=O) groups excluding carboxylic acids is 1. The van der Waals surface area contributed by atoms with Crippen molar-refractivity contribution >= 4 is 44.6 Å². The van der Waals surface area contributed by atoms with Crippen LogP contribution in [-0.4, -0.2) is 27.2 Å². The molecular formula is C25H23Cl2NO4S. The fraction of sp³-hybridized carbons (Fsp3) is 0.240. The van der Waals surface area contributed by atoms with Gasteiger partial charge in [0.15, 0.2) is 9.84 Å². The van der Waals surface area contributed by atoms with Gasteiger partial charge in [0.25, 0.3) is 0 Å². The topological polar surface area (TPSA) is 72.5 Å². The summed E-state index contributed by atoms with van der Waals surface area (Å²) in [6.45, 7) is 0. The Morgan fingerprint density at radius 3 is 2.27 bits per heavy atom. The van der Waals surface area contributed by atoms with E-state index in [-0.39, 0.29) is 24.0 Å². The molecule has 0 saturated heterocycles. The summed E-state index contributed by atoms with van der Waals surface area (Å²) in [7, 11) is -1.70. The lowest BCUT2D eigenvalue weighted by Gasteiger charge is -2.14. The first kappa shape index (κ1) is 23.6. The molecular weight excluding hydrogens is 481 g/mol. The van der Waals surface area contributed by atoms with Gasteiger partial charge in [-0.3, -0.25) is 4.79 Å². The molecule has 0 heterocycles. The van der Waals surface area contributed by atoms with Crippen LogP contribution in [0.1, 0.15) is 18.4 Å². The van der Waals surface area contributed by atoms with Crippen molar-refractivity contribution in [2.75, 3.05) is 18.2 Å². The molecule has 33 heavy (non-hydrogen) atoms. The first-order chi connectivity index (χ1) is 15.8. The fourth-order valence-corrected chi connectivity index (χ4v) is 6.04. The number of hydrogen-bond acceptors (Lipinski definition) is 4. The Morgan fingerprint density at radius 1 is 1.03 bits per heavy atom. The molecule has 0 radical (unpaired) electrons. The molecule has 4 rings (SSSR count). The molecule has 1 aliphatic carbocycles. The van der Waals surface area contributed by atoms with Crippen LogP contribution in [0.25, 0.3) is 11.1 Å². The van der Waals surface area contributed by atoms with Gasteiger partial charge in [0.1, 0.15) is 5.75 Å². The number of sulfone groups is 1. The number of halogens is 2. The van der Waals surface area contributed by atoms with Gasteiger partial charge in [-0.25, -0.2) is 8.42 Å². The molecule has 1 saturated carbocycles. The van der Waals surface area contributed by atoms with Gasteiger partial charge in [0, 0.05) is 16.8 Å². The predicted molar refractivity (Wildman–Crippen MR) is 132 cm³/mol. The molecule has 1 amide bonds. The number of hydrogen-bond donors (Lipinski definition) is 1. The number of para-hydroxylation sites is 1. The van der Waals surface area contributed by atoms with Crippen LogP contribution in [0.15, 0.2) is 65.6 Å². The second-order valence-corrected chi connectivity index (χ2v) is 11.0. The van der Waals surface area contributed by atoms with Crippen molar-refractivity contribution in [3.05, 3.63) is 76.3 Å². The molecule has 0 bridgehead atoms. The van der Waals surface area contributed by atoms with Crippen molar-refractivity contribution in [1.82, 2.24) is 0 Å². The molecule has 172 valence electrons. The Morgan fingerprint density at radius 2 is 1.67 bits per heavy atom. The highest BCUT2D eigenvalue weighted by Crippen LogP contribution is 2.41. The van der Waals surface area contributed by atoms with E-state index in [0.717, 1.165) is 18.4 Å². The molecule has 1 N–H and O–H groups in total. The predicted octanol–water partition coefficient (Wildman–Crippen LogP) is 6.03. The third-order valence-corrected chi connectivity index (χ3v) is 8.00. The molecule has 3 aromatic rings. The highest BCUT2D eigenvalue weighted by molar-refractivity contribution is 7.91. The van der Waals surface area contributed by atoms with Gasteiger partial charge in [0.05, 0.1) is 34.2 Å². The smallest absolute Gasteiger partial charge is 0.228 e. The van der Waals surface area contributed by atoms with Crippen LogP contribution in [0.5, 0.6) is 5.75 Å². The van der Waals surface area contributed by atoms with E-state index in [4.69, 9.17) is 27.9 Å². The van der Waals surface area contributed by atoms with E-state index in [1.165, 1.54) is 0 Å². The zero-order valence-corrected chi connectivity index (χ0v) is 20.3. The summed E-state index contributed by atoms with van der Waals surface area (Å²) in [5.74, 6) is 0.856. The number of carbonyl (C=O) groups is 1. The summed E-state index contributed by atoms with van der Waals surface area (Å²) in [4.78, 5) is 12.9. The standard InChI is InChI=1S/C25H23Cl2NO4S/c1-32-23-5-3-2-4-20(23)25-21(26)13-18(14-22(25)27)28-24(29)12-16-8-10-19(11-9-16)33(30,31)15-17-6-7-17/h2-5,8-11,13-14,17H,6-7,12,15H2,1H3,(H,28,29). The minimum Gasteiger partial charge on any atom is -0.496 e. The first-order valence-electron chi connectivity index (χ1n) is 10.5. The summed E-state index contributed by atoms with van der Waals surface area (Å²) < 4.78 is 30.2. The lowest BCUT2D eigenvalue weighted by Crippen LogP contribution is -2.14. The van der Waals surface area contributed by atoms with Crippen LogP contribution in [-0.2, 0) is 21.1 Å². The average molecular weight is 504 g/mol. The largest absolute Gasteiger partial charge is 0.496 e. The maximum Gasteiger partial charge on any atom is 0.228 e. The molecule has 0 aromatic heterocycles. The molecule has 8 heteroatoms. The molecule has 0 unspecified atom stereocenters. The Balaban J connectivity index is 1.45. The van der Waals surface area contributed by atoms with E-state index in [0.29, 0.717) is 37.5 Å². The van der Waals surface area contributed by atoms with Gasteiger partial charge in [0.2, 0.25) is 5.91 Å². The molecule has 0 spiro atoms. The molecule has 0 atom stereocenters. The zero-order valence-electron chi connectivity index (χ0n) is 18.0. The number of nitrogens with one attached hydrogen (secondary N) is 1. The number of ether oxygens (including phenoxy) is 1. The summed E-state index contributed by atoms with van der Waals surface area (Å²) in [5.41, 5.74) is 2.55. The Hall–Kier alpha value is -2.54. The molecule has 1 fully saturated rings. The van der Waals surface area contributed by atoms with Gasteiger partial charge in [-0.05, 0) is 54.7 Å². The van der Waals surface area contributed by atoms with Crippen molar-refractivity contribution in [3.63, 3.8) is 0 Å². The SMILES string of the molecule is COc1ccccc1-c1c(Cl)cc(NC(=O)Cc2ccc(S(=O)(=O)CC3CC3)cc2)cc1Cl. The van der Waals surface area contributed by atoms with Gasteiger partial charge in [-0.1, -0.05) is 53.5 Å². The maximum absolute atomic E-state index is 12.6. The van der Waals surface area contributed by atoms with E-state index < -0.39 is 9.84 Å². The van der Waals surface area contributed by atoms with Crippen molar-refractivity contribution < 1.29 is 17.9 Å². The fourth-order valence-electron chi connectivity index (χ4n) is 3.65. The Labute approximate surface area is 203 Å². The van der Waals surface area contributed by atoms with Crippen LogP contribution in [0, 0.1) is 5.92 Å². The van der Waals surface area contributed by atoms with Crippen molar-refractivity contribution in [3.8, 4) is 16.9 Å². The van der Waals surface area contributed by atoms with Crippen LogP contribution >= 0.6 is 23.2 Å².